The summed E-state index contributed by atoms with van der Waals surface area (Å²) in [6.45, 7) is 5.87. The van der Waals surface area contributed by atoms with E-state index in [-0.39, 0.29) is 18.6 Å². The lowest BCUT2D eigenvalue weighted by Gasteiger charge is -2.16. The van der Waals surface area contributed by atoms with E-state index in [4.69, 9.17) is 4.74 Å². The fourth-order valence-electron chi connectivity index (χ4n) is 3.81. The van der Waals surface area contributed by atoms with Crippen LogP contribution < -0.4 is 10.1 Å². The second-order valence-electron chi connectivity index (χ2n) is 7.77. The summed E-state index contributed by atoms with van der Waals surface area (Å²) in [5.74, 6) is 0.194. The molecule has 1 amide bonds. The van der Waals surface area contributed by atoms with Crippen LogP contribution in [0.3, 0.4) is 0 Å². The number of amides is 1. The van der Waals surface area contributed by atoms with E-state index in [9.17, 15) is 4.79 Å². The van der Waals surface area contributed by atoms with Crippen molar-refractivity contribution in [2.24, 2.45) is 14.1 Å². The molecule has 3 aromatic heterocycles. The van der Waals surface area contributed by atoms with Crippen molar-refractivity contribution in [3.05, 3.63) is 59.5 Å². The van der Waals surface area contributed by atoms with Crippen LogP contribution in [0.5, 0.6) is 5.88 Å². The van der Waals surface area contributed by atoms with Crippen molar-refractivity contribution in [1.29, 1.82) is 0 Å². The first-order chi connectivity index (χ1) is 14.8. The molecule has 4 rings (SSSR count). The lowest BCUT2D eigenvalue weighted by molar-refractivity contribution is -0.123. The fraction of sp³-hybridized carbons (Fsp3) is 0.304. The number of pyridine rings is 1. The number of hydrogen-bond donors (Lipinski definition) is 1. The monoisotopic (exact) mass is 418 g/mol. The number of fused-ring (bicyclic) bond motifs is 1. The summed E-state index contributed by atoms with van der Waals surface area (Å²) < 4.78 is 9.36. The third-order valence-corrected chi connectivity index (χ3v) is 5.41. The molecule has 1 atom stereocenters. The van der Waals surface area contributed by atoms with Gasteiger partial charge in [0.1, 0.15) is 5.69 Å². The number of carbonyl (C=O) groups excluding carboxylic acids is 1. The molecule has 160 valence electrons. The number of nitrogens with one attached hydrogen (secondary N) is 1. The quantitative estimate of drug-likeness (QED) is 0.519. The van der Waals surface area contributed by atoms with Crippen LogP contribution in [0.15, 0.2) is 42.9 Å². The molecule has 1 unspecified atom stereocenters. The highest BCUT2D eigenvalue weighted by Crippen LogP contribution is 2.30. The van der Waals surface area contributed by atoms with Gasteiger partial charge < -0.3 is 14.6 Å². The minimum Gasteiger partial charge on any atom is -0.468 e. The van der Waals surface area contributed by atoms with E-state index in [1.807, 2.05) is 69.8 Å². The molecule has 0 bridgehead atoms. The van der Waals surface area contributed by atoms with E-state index < -0.39 is 0 Å². The molecule has 1 N–H and O–H groups in total. The molecular formula is C23H26N6O2. The zero-order valence-corrected chi connectivity index (χ0v) is 18.4. The van der Waals surface area contributed by atoms with Crippen LogP contribution in [0.2, 0.25) is 0 Å². The summed E-state index contributed by atoms with van der Waals surface area (Å²) in [5.41, 5.74) is 5.62. The molecule has 3 heterocycles. The summed E-state index contributed by atoms with van der Waals surface area (Å²) >= 11 is 0. The van der Waals surface area contributed by atoms with E-state index in [1.54, 1.807) is 17.2 Å². The Morgan fingerprint density at radius 3 is 2.68 bits per heavy atom. The van der Waals surface area contributed by atoms with E-state index in [0.29, 0.717) is 11.5 Å². The second-order valence-corrected chi connectivity index (χ2v) is 7.77. The molecule has 8 heteroatoms. The van der Waals surface area contributed by atoms with Gasteiger partial charge in [0.05, 0.1) is 29.6 Å². The van der Waals surface area contributed by atoms with Gasteiger partial charge in [-0.25, -0.2) is 9.67 Å². The van der Waals surface area contributed by atoms with Gasteiger partial charge in [-0.3, -0.25) is 4.79 Å². The standard InChI is InChI=1S/C23H26N6O2/c1-14-8-6-7-9-17(14)16(3)25-19(30)12-31-20-10-15(2)21-22(18-11-24-13-28(18)4)27-29(5)23(21)26-20/h6-11,13,16H,12H2,1-5H3,(H,25,30). The van der Waals surface area contributed by atoms with E-state index in [1.165, 1.54) is 0 Å². The Hall–Kier alpha value is -3.68. The first-order valence-electron chi connectivity index (χ1n) is 10.1. The average molecular weight is 419 g/mol. The molecule has 1 aromatic carbocycles. The predicted molar refractivity (Wildman–Crippen MR) is 119 cm³/mol. The van der Waals surface area contributed by atoms with Crippen LogP contribution in [0.1, 0.15) is 29.7 Å². The van der Waals surface area contributed by atoms with Gasteiger partial charge >= 0.3 is 0 Å². The topological polar surface area (TPSA) is 86.9 Å². The Morgan fingerprint density at radius 1 is 1.19 bits per heavy atom. The average Bonchev–Trinajstić information content (AvgIpc) is 3.30. The van der Waals surface area contributed by atoms with E-state index in [0.717, 1.165) is 33.5 Å². The van der Waals surface area contributed by atoms with Gasteiger partial charge in [0.15, 0.2) is 12.3 Å². The Labute approximate surface area is 180 Å². The number of aromatic nitrogens is 5. The second kappa shape index (κ2) is 8.22. The number of rotatable bonds is 6. The Kier molecular flexibility index (Phi) is 5.46. The molecular weight excluding hydrogens is 392 g/mol. The number of imidazole rings is 1. The summed E-state index contributed by atoms with van der Waals surface area (Å²) in [5, 5.41) is 8.55. The molecule has 0 saturated carbocycles. The van der Waals surface area contributed by atoms with Crippen LogP contribution in [0.4, 0.5) is 0 Å². The van der Waals surface area contributed by atoms with Crippen LogP contribution in [-0.2, 0) is 18.9 Å². The summed E-state index contributed by atoms with van der Waals surface area (Å²) in [4.78, 5) is 21.2. The first kappa shape index (κ1) is 20.6. The maximum absolute atomic E-state index is 12.4. The van der Waals surface area contributed by atoms with Gasteiger partial charge in [-0.2, -0.15) is 10.1 Å². The Bertz CT molecular complexity index is 1260. The molecule has 0 aliphatic rings. The zero-order chi connectivity index (χ0) is 22.1. The van der Waals surface area contributed by atoms with Crippen LogP contribution >= 0.6 is 0 Å². The third kappa shape index (κ3) is 4.01. The maximum atomic E-state index is 12.4. The van der Waals surface area contributed by atoms with E-state index in [2.05, 4.69) is 20.4 Å². The predicted octanol–water partition coefficient (Wildman–Crippen LogP) is 3.24. The fourth-order valence-corrected chi connectivity index (χ4v) is 3.81. The normalized spacial score (nSPS) is 12.2. The molecule has 0 spiro atoms. The van der Waals surface area contributed by atoms with Crippen LogP contribution in [0, 0.1) is 13.8 Å². The van der Waals surface area contributed by atoms with Gasteiger partial charge in [-0.15, -0.1) is 0 Å². The SMILES string of the molecule is Cc1ccccc1C(C)NC(=O)COc1cc(C)c2c(-c3cncn3C)nn(C)c2n1. The lowest BCUT2D eigenvalue weighted by Crippen LogP contribution is -2.31. The highest BCUT2D eigenvalue weighted by atomic mass is 16.5. The highest BCUT2D eigenvalue weighted by Gasteiger charge is 2.18. The molecule has 8 nitrogen and oxygen atoms in total. The van der Waals surface area contributed by atoms with Crippen molar-refractivity contribution in [3.8, 4) is 17.3 Å². The van der Waals surface area contributed by atoms with E-state index >= 15 is 0 Å². The largest absolute Gasteiger partial charge is 0.468 e. The number of nitrogens with zero attached hydrogens (tertiary/aromatic N) is 5. The van der Waals surface area contributed by atoms with Gasteiger partial charge in [0, 0.05) is 20.2 Å². The van der Waals surface area contributed by atoms with Crippen molar-refractivity contribution >= 4 is 16.9 Å². The van der Waals surface area contributed by atoms with Gasteiger partial charge in [-0.1, -0.05) is 24.3 Å². The van der Waals surface area contributed by atoms with Gasteiger partial charge in [0.2, 0.25) is 5.88 Å². The van der Waals surface area contributed by atoms with Crippen molar-refractivity contribution < 1.29 is 9.53 Å². The first-order valence-corrected chi connectivity index (χ1v) is 10.1. The van der Waals surface area contributed by atoms with Crippen molar-refractivity contribution in [3.63, 3.8) is 0 Å². The highest BCUT2D eigenvalue weighted by molar-refractivity contribution is 5.93. The molecule has 0 aliphatic heterocycles. The number of hydrogen-bond acceptors (Lipinski definition) is 5. The number of ether oxygens (including phenoxy) is 1. The molecule has 0 radical (unpaired) electrons. The summed E-state index contributed by atoms with van der Waals surface area (Å²) in [7, 11) is 3.77. The minimum atomic E-state index is -0.198. The maximum Gasteiger partial charge on any atom is 0.258 e. The zero-order valence-electron chi connectivity index (χ0n) is 18.4. The molecule has 0 fully saturated rings. The van der Waals surface area contributed by atoms with Crippen molar-refractivity contribution in [2.75, 3.05) is 6.61 Å². The number of aryl methyl sites for hydroxylation is 4. The van der Waals surface area contributed by atoms with Crippen LogP contribution in [0.25, 0.3) is 22.4 Å². The minimum absolute atomic E-state index is 0.104. The molecule has 0 saturated heterocycles. The summed E-state index contributed by atoms with van der Waals surface area (Å²) in [6, 6.07) is 9.73. The molecule has 31 heavy (non-hydrogen) atoms. The number of benzene rings is 1. The Balaban J connectivity index is 1.51. The van der Waals surface area contributed by atoms with Crippen LogP contribution in [-0.4, -0.2) is 36.8 Å². The smallest absolute Gasteiger partial charge is 0.258 e. The molecule has 4 aromatic rings. The lowest BCUT2D eigenvalue weighted by atomic mass is 10.0. The number of carbonyl (C=O) groups is 1. The molecule has 0 aliphatic carbocycles. The third-order valence-electron chi connectivity index (χ3n) is 5.41. The van der Waals surface area contributed by atoms with Crippen molar-refractivity contribution in [2.45, 2.75) is 26.8 Å². The van der Waals surface area contributed by atoms with Crippen molar-refractivity contribution in [1.82, 2.24) is 29.6 Å². The summed E-state index contributed by atoms with van der Waals surface area (Å²) in [6.07, 6.45) is 3.53. The Morgan fingerprint density at radius 2 is 1.97 bits per heavy atom. The van der Waals surface area contributed by atoms with Gasteiger partial charge in [0.25, 0.3) is 5.91 Å². The van der Waals surface area contributed by atoms with Gasteiger partial charge in [-0.05, 0) is 37.5 Å².